The van der Waals surface area contributed by atoms with Gasteiger partial charge in [0.2, 0.25) is 11.5 Å². The molecule has 3 rings (SSSR count). The first-order valence-corrected chi connectivity index (χ1v) is 11.0. The average molecular weight is 493 g/mol. The van der Waals surface area contributed by atoms with E-state index in [0.717, 1.165) is 5.56 Å². The molecule has 0 N–H and O–H groups in total. The van der Waals surface area contributed by atoms with E-state index in [0.29, 0.717) is 40.9 Å². The average Bonchev–Trinajstić information content (AvgIpc) is 2.89. The molecule has 0 radical (unpaired) electrons. The zero-order valence-electron chi connectivity index (χ0n) is 20.8. The lowest BCUT2D eigenvalue weighted by Gasteiger charge is -2.17. The Labute approximate surface area is 210 Å². The van der Waals surface area contributed by atoms with Crippen molar-refractivity contribution in [3.8, 4) is 34.5 Å². The lowest BCUT2D eigenvalue weighted by Crippen LogP contribution is -2.07. The fourth-order valence-electron chi connectivity index (χ4n) is 3.51. The van der Waals surface area contributed by atoms with Crippen LogP contribution >= 0.6 is 0 Å². The Morgan fingerprint density at radius 2 is 1.47 bits per heavy atom. The molecule has 0 aliphatic carbocycles. The van der Waals surface area contributed by atoms with Crippen LogP contribution in [0.2, 0.25) is 0 Å². The number of carbonyl (C=O) groups excluding carboxylic acids is 2. The highest BCUT2D eigenvalue weighted by atomic mass is 16.5. The Balaban J connectivity index is 1.91. The van der Waals surface area contributed by atoms with E-state index in [2.05, 4.69) is 0 Å². The molecule has 0 aliphatic rings. The van der Waals surface area contributed by atoms with E-state index in [1.165, 1.54) is 47.5 Å². The van der Waals surface area contributed by atoms with E-state index in [-0.39, 0.29) is 11.3 Å². The van der Waals surface area contributed by atoms with E-state index >= 15 is 0 Å². The van der Waals surface area contributed by atoms with Gasteiger partial charge in [0.05, 0.1) is 34.0 Å². The molecule has 8 heteroatoms. The van der Waals surface area contributed by atoms with Crippen LogP contribution in [-0.2, 0) is 11.4 Å². The number of carbonyl (C=O) groups is 2. The number of hydrogen-bond acceptors (Lipinski definition) is 8. The first-order valence-electron chi connectivity index (χ1n) is 11.0. The van der Waals surface area contributed by atoms with Crippen LogP contribution in [0.3, 0.4) is 0 Å². The molecule has 0 saturated carbocycles. The van der Waals surface area contributed by atoms with Gasteiger partial charge in [0, 0.05) is 18.6 Å². The minimum absolute atomic E-state index is 0.0968. The van der Waals surface area contributed by atoms with Gasteiger partial charge in [-0.15, -0.1) is 0 Å². The van der Waals surface area contributed by atoms with Gasteiger partial charge in [-0.3, -0.25) is 9.59 Å². The SMILES string of the molecule is COc1cc(/C=C/C(=O)c2ccc(OCc3ccccc3)cc2OC(C)=O)c(OC)c(OC)c1OC. The van der Waals surface area contributed by atoms with Crippen molar-refractivity contribution in [2.45, 2.75) is 13.5 Å². The summed E-state index contributed by atoms with van der Waals surface area (Å²) < 4.78 is 32.8. The topological polar surface area (TPSA) is 89.5 Å². The molecule has 36 heavy (non-hydrogen) atoms. The number of ketones is 1. The second-order valence-corrected chi connectivity index (χ2v) is 7.49. The lowest BCUT2D eigenvalue weighted by atomic mass is 10.1. The molecule has 0 bridgehead atoms. The zero-order chi connectivity index (χ0) is 26.1. The maximum atomic E-state index is 13.1. The van der Waals surface area contributed by atoms with Crippen LogP contribution < -0.4 is 28.4 Å². The van der Waals surface area contributed by atoms with Gasteiger partial charge in [-0.05, 0) is 35.9 Å². The predicted molar refractivity (Wildman–Crippen MR) is 135 cm³/mol. The number of esters is 1. The first-order chi connectivity index (χ1) is 17.4. The summed E-state index contributed by atoms with van der Waals surface area (Å²) in [6.07, 6.45) is 2.90. The van der Waals surface area contributed by atoms with Crippen molar-refractivity contribution in [1.82, 2.24) is 0 Å². The maximum Gasteiger partial charge on any atom is 0.308 e. The minimum Gasteiger partial charge on any atom is -0.493 e. The summed E-state index contributed by atoms with van der Waals surface area (Å²) in [5.41, 5.74) is 1.70. The highest BCUT2D eigenvalue weighted by Crippen LogP contribution is 2.47. The normalized spacial score (nSPS) is 10.6. The molecular formula is C28H28O8. The van der Waals surface area contributed by atoms with Crippen LogP contribution in [0.1, 0.15) is 28.4 Å². The summed E-state index contributed by atoms with van der Waals surface area (Å²) in [7, 11) is 5.94. The molecule has 8 nitrogen and oxygen atoms in total. The fourth-order valence-corrected chi connectivity index (χ4v) is 3.51. The third kappa shape index (κ3) is 6.15. The predicted octanol–water partition coefficient (Wildman–Crippen LogP) is 5.12. The Morgan fingerprint density at radius 3 is 2.08 bits per heavy atom. The second-order valence-electron chi connectivity index (χ2n) is 7.49. The number of hydrogen-bond donors (Lipinski definition) is 0. The van der Waals surface area contributed by atoms with E-state index in [4.69, 9.17) is 28.4 Å². The van der Waals surface area contributed by atoms with Crippen molar-refractivity contribution in [1.29, 1.82) is 0 Å². The monoisotopic (exact) mass is 492 g/mol. The second kappa shape index (κ2) is 12.3. The molecule has 0 saturated heterocycles. The smallest absolute Gasteiger partial charge is 0.308 e. The Morgan fingerprint density at radius 1 is 0.778 bits per heavy atom. The van der Waals surface area contributed by atoms with Gasteiger partial charge >= 0.3 is 5.97 Å². The van der Waals surface area contributed by atoms with Gasteiger partial charge in [0.1, 0.15) is 18.1 Å². The largest absolute Gasteiger partial charge is 0.493 e. The lowest BCUT2D eigenvalue weighted by molar-refractivity contribution is -0.131. The Kier molecular flexibility index (Phi) is 8.94. The summed E-state index contributed by atoms with van der Waals surface area (Å²) >= 11 is 0. The third-order valence-corrected chi connectivity index (χ3v) is 5.15. The molecule has 0 spiro atoms. The molecule has 188 valence electrons. The quantitative estimate of drug-likeness (QED) is 0.158. The van der Waals surface area contributed by atoms with Crippen molar-refractivity contribution in [2.24, 2.45) is 0 Å². The summed E-state index contributed by atoms with van der Waals surface area (Å²) in [5.74, 6) is 1.07. The zero-order valence-corrected chi connectivity index (χ0v) is 20.8. The molecule has 0 atom stereocenters. The number of ether oxygens (including phenoxy) is 6. The maximum absolute atomic E-state index is 13.1. The van der Waals surface area contributed by atoms with Gasteiger partial charge in [-0.25, -0.2) is 0 Å². The Hall–Kier alpha value is -4.46. The van der Waals surface area contributed by atoms with Crippen molar-refractivity contribution in [3.63, 3.8) is 0 Å². The fraction of sp³-hybridized carbons (Fsp3) is 0.214. The van der Waals surface area contributed by atoms with Crippen molar-refractivity contribution in [2.75, 3.05) is 28.4 Å². The van der Waals surface area contributed by atoms with Crippen LogP contribution in [0.5, 0.6) is 34.5 Å². The van der Waals surface area contributed by atoms with Crippen LogP contribution in [0.25, 0.3) is 6.08 Å². The van der Waals surface area contributed by atoms with Gasteiger partial charge < -0.3 is 28.4 Å². The minimum atomic E-state index is -0.556. The molecule has 0 aromatic heterocycles. The number of allylic oxidation sites excluding steroid dienone is 1. The van der Waals surface area contributed by atoms with Gasteiger partial charge in [-0.1, -0.05) is 30.3 Å². The van der Waals surface area contributed by atoms with Crippen LogP contribution in [0.15, 0.2) is 60.7 Å². The Bertz CT molecular complexity index is 1250. The van der Waals surface area contributed by atoms with Crippen molar-refractivity contribution >= 4 is 17.8 Å². The van der Waals surface area contributed by atoms with Gasteiger partial charge in [0.25, 0.3) is 0 Å². The molecule has 0 unspecified atom stereocenters. The van der Waals surface area contributed by atoms with Crippen LogP contribution in [0.4, 0.5) is 0 Å². The van der Waals surface area contributed by atoms with E-state index < -0.39 is 11.8 Å². The van der Waals surface area contributed by atoms with Gasteiger partial charge in [-0.2, -0.15) is 0 Å². The number of methoxy groups -OCH3 is 4. The number of benzene rings is 3. The van der Waals surface area contributed by atoms with E-state index in [9.17, 15) is 9.59 Å². The summed E-state index contributed by atoms with van der Waals surface area (Å²) in [4.78, 5) is 24.8. The van der Waals surface area contributed by atoms with E-state index in [1.807, 2.05) is 30.3 Å². The first kappa shape index (κ1) is 26.2. The highest BCUT2D eigenvalue weighted by molar-refractivity contribution is 6.09. The third-order valence-electron chi connectivity index (χ3n) is 5.15. The van der Waals surface area contributed by atoms with Crippen molar-refractivity contribution < 1.29 is 38.0 Å². The molecule has 0 heterocycles. The van der Waals surface area contributed by atoms with Crippen molar-refractivity contribution in [3.05, 3.63) is 77.4 Å². The molecule has 0 fully saturated rings. The molecule has 3 aromatic carbocycles. The molecular weight excluding hydrogens is 464 g/mol. The molecule has 0 aliphatic heterocycles. The summed E-state index contributed by atoms with van der Waals surface area (Å²) in [6.45, 7) is 1.59. The highest BCUT2D eigenvalue weighted by Gasteiger charge is 2.21. The molecule has 0 amide bonds. The summed E-state index contributed by atoms with van der Waals surface area (Å²) in [6, 6.07) is 16.0. The van der Waals surface area contributed by atoms with Crippen LogP contribution in [-0.4, -0.2) is 40.2 Å². The standard InChI is InChI=1S/C28H28O8/c1-18(29)36-24-16-21(35-17-19-9-7-6-8-10-19)12-13-22(24)23(30)14-11-20-15-25(31-2)27(33-4)28(34-5)26(20)32-3/h6-16H,17H2,1-5H3/b14-11+. The van der Waals surface area contributed by atoms with Gasteiger partial charge in [0.15, 0.2) is 17.3 Å². The number of rotatable bonds is 11. The van der Waals surface area contributed by atoms with E-state index in [1.54, 1.807) is 24.3 Å². The summed E-state index contributed by atoms with van der Waals surface area (Å²) in [5, 5.41) is 0. The van der Waals surface area contributed by atoms with Crippen LogP contribution in [0, 0.1) is 0 Å². The molecule has 3 aromatic rings.